The Labute approximate surface area is 168 Å². The molecular weight excluding hydrogens is 418 g/mol. The molecular formula is C17H19F2O9S-. The molecule has 4 saturated carbocycles. The summed E-state index contributed by atoms with van der Waals surface area (Å²) >= 11 is -0.882. The minimum atomic E-state index is -4.26. The SMILES string of the molecule is O=C(COC(=O)C(F)(F)SOO[O-])CC(=O)OCC12CC3CC(C1)C(=O)C(C3)C2. The van der Waals surface area contributed by atoms with Crippen molar-refractivity contribution in [1.29, 1.82) is 0 Å². The Bertz CT molecular complexity index is 680. The first-order chi connectivity index (χ1) is 13.6. The monoisotopic (exact) mass is 437 g/mol. The second-order valence-corrected chi connectivity index (χ2v) is 8.75. The Morgan fingerprint density at radius 1 is 1.14 bits per heavy atom. The van der Waals surface area contributed by atoms with Crippen LogP contribution in [0.4, 0.5) is 8.78 Å². The second kappa shape index (κ2) is 8.62. The number of carbonyl (C=O) groups excluding carboxylic acids is 4. The van der Waals surface area contributed by atoms with Gasteiger partial charge in [0.15, 0.2) is 12.4 Å². The molecule has 0 spiro atoms. The van der Waals surface area contributed by atoms with E-state index < -0.39 is 48.0 Å². The summed E-state index contributed by atoms with van der Waals surface area (Å²) in [6, 6.07) is 0. The van der Waals surface area contributed by atoms with Crippen molar-refractivity contribution in [1.82, 2.24) is 0 Å². The lowest BCUT2D eigenvalue weighted by atomic mass is 9.49. The van der Waals surface area contributed by atoms with Gasteiger partial charge in [-0.3, -0.25) is 19.4 Å². The summed E-state index contributed by atoms with van der Waals surface area (Å²) in [4.78, 5) is 46.9. The van der Waals surface area contributed by atoms with Crippen LogP contribution >= 0.6 is 12.0 Å². The molecule has 0 aromatic rings. The maximum absolute atomic E-state index is 13.1. The van der Waals surface area contributed by atoms with Crippen molar-refractivity contribution in [3.05, 3.63) is 0 Å². The lowest BCUT2D eigenvalue weighted by Gasteiger charge is -2.55. The average Bonchev–Trinajstić information content (AvgIpc) is 2.66. The Kier molecular flexibility index (Phi) is 6.56. The van der Waals surface area contributed by atoms with Crippen LogP contribution in [0, 0.1) is 23.2 Å². The van der Waals surface area contributed by atoms with Gasteiger partial charge in [0, 0.05) is 17.3 Å². The number of rotatable bonds is 10. The van der Waals surface area contributed by atoms with Gasteiger partial charge in [-0.05, 0) is 38.0 Å². The van der Waals surface area contributed by atoms with Gasteiger partial charge < -0.3 is 14.7 Å². The van der Waals surface area contributed by atoms with E-state index in [0.717, 1.165) is 19.3 Å². The summed E-state index contributed by atoms with van der Waals surface area (Å²) in [6.45, 7) is -0.953. The second-order valence-electron chi connectivity index (χ2n) is 7.93. The van der Waals surface area contributed by atoms with Crippen molar-refractivity contribution in [3.8, 4) is 0 Å². The smallest absolute Gasteiger partial charge is 0.415 e. The van der Waals surface area contributed by atoms with E-state index in [0.29, 0.717) is 24.5 Å². The van der Waals surface area contributed by atoms with E-state index in [4.69, 9.17) is 4.74 Å². The van der Waals surface area contributed by atoms with Crippen LogP contribution in [0.3, 0.4) is 0 Å². The van der Waals surface area contributed by atoms with Gasteiger partial charge in [-0.1, -0.05) is 0 Å². The Balaban J connectivity index is 1.40. The molecule has 162 valence electrons. The fourth-order valence-corrected chi connectivity index (χ4v) is 5.14. The normalized spacial score (nSPS) is 30.3. The lowest BCUT2D eigenvalue weighted by Crippen LogP contribution is -2.53. The van der Waals surface area contributed by atoms with E-state index in [9.17, 15) is 33.2 Å². The first kappa shape index (κ1) is 22.1. The van der Waals surface area contributed by atoms with Crippen LogP contribution in [0.5, 0.6) is 0 Å². The van der Waals surface area contributed by atoms with Crippen molar-refractivity contribution in [2.45, 2.75) is 43.8 Å². The van der Waals surface area contributed by atoms with Crippen LogP contribution in [0.15, 0.2) is 0 Å². The van der Waals surface area contributed by atoms with Gasteiger partial charge in [-0.25, -0.2) is 4.79 Å². The Morgan fingerprint density at radius 2 is 1.79 bits per heavy atom. The summed E-state index contributed by atoms with van der Waals surface area (Å²) in [6.07, 6.45) is 3.29. The number of esters is 2. The minimum Gasteiger partial charge on any atom is -0.691 e. The maximum atomic E-state index is 13.1. The van der Waals surface area contributed by atoms with E-state index in [1.165, 1.54) is 0 Å². The molecule has 12 heteroatoms. The Hall–Kier alpha value is -1.63. The highest BCUT2D eigenvalue weighted by atomic mass is 32.2. The number of carbonyl (C=O) groups is 4. The molecule has 4 rings (SSSR count). The van der Waals surface area contributed by atoms with Crippen LogP contribution in [0.2, 0.25) is 0 Å². The lowest BCUT2D eigenvalue weighted by molar-refractivity contribution is -0.777. The first-order valence-corrected chi connectivity index (χ1v) is 9.79. The van der Waals surface area contributed by atoms with Gasteiger partial charge >= 0.3 is 17.2 Å². The van der Waals surface area contributed by atoms with Crippen LogP contribution in [-0.4, -0.2) is 42.0 Å². The number of alkyl halides is 2. The molecule has 0 aromatic heterocycles. The number of hydrogen-bond acceptors (Lipinski definition) is 10. The fourth-order valence-electron chi connectivity index (χ4n) is 4.90. The quantitative estimate of drug-likeness (QED) is 0.160. The molecule has 2 atom stereocenters. The fraction of sp³-hybridized carbons (Fsp3) is 0.765. The van der Waals surface area contributed by atoms with Crippen molar-refractivity contribution in [2.24, 2.45) is 23.2 Å². The van der Waals surface area contributed by atoms with Crippen LogP contribution < -0.4 is 5.26 Å². The van der Waals surface area contributed by atoms with E-state index in [-0.39, 0.29) is 23.9 Å². The molecule has 9 nitrogen and oxygen atoms in total. The van der Waals surface area contributed by atoms with Gasteiger partial charge in [0.25, 0.3) is 0 Å². The molecule has 0 heterocycles. The number of ketones is 2. The molecule has 29 heavy (non-hydrogen) atoms. The zero-order valence-corrected chi connectivity index (χ0v) is 16.0. The highest BCUT2D eigenvalue weighted by Crippen LogP contribution is 2.58. The molecule has 2 unspecified atom stereocenters. The van der Waals surface area contributed by atoms with Gasteiger partial charge in [0.2, 0.25) is 0 Å². The van der Waals surface area contributed by atoms with Crippen molar-refractivity contribution in [3.63, 3.8) is 0 Å². The standard InChI is InChI=1S/C17H20F2O9S/c18-17(19,29-28-27-24)15(23)25-7-12(20)3-13(21)26-8-16-4-9-1-10(5-16)14(22)11(2-9)6-16/h9-11,24H,1-8H2/p-1. The summed E-state index contributed by atoms with van der Waals surface area (Å²) in [5.41, 5.74) is -0.238. The highest BCUT2D eigenvalue weighted by Gasteiger charge is 2.55. The molecule has 0 aromatic carbocycles. The van der Waals surface area contributed by atoms with Gasteiger partial charge in [-0.15, -0.1) is 0 Å². The zero-order chi connectivity index (χ0) is 21.2. The Morgan fingerprint density at radius 3 is 2.41 bits per heavy atom. The summed E-state index contributed by atoms with van der Waals surface area (Å²) in [5, 5.41) is 7.96. The molecule has 4 aliphatic rings. The molecule has 0 radical (unpaired) electrons. The number of halogens is 2. The number of hydrogen-bond donors (Lipinski definition) is 0. The zero-order valence-electron chi connectivity index (χ0n) is 15.2. The van der Waals surface area contributed by atoms with Crippen molar-refractivity contribution in [2.75, 3.05) is 13.2 Å². The summed E-state index contributed by atoms with van der Waals surface area (Å²) in [5.74, 6) is -3.08. The third kappa shape index (κ3) is 5.11. The van der Waals surface area contributed by atoms with Crippen LogP contribution in [-0.2, 0) is 38.0 Å². The van der Waals surface area contributed by atoms with Gasteiger partial charge in [0.05, 0.1) is 6.61 Å². The molecule has 4 bridgehead atoms. The summed E-state index contributed by atoms with van der Waals surface area (Å²) < 4.78 is 39.0. The number of Topliss-reactive ketones (excluding diaryl/α,β-unsaturated/α-hetero) is 2. The van der Waals surface area contributed by atoms with E-state index in [1.54, 1.807) is 0 Å². The predicted octanol–water partition coefficient (Wildman–Crippen LogP) is 0.892. The molecule has 0 amide bonds. The molecule has 4 aliphatic carbocycles. The summed E-state index contributed by atoms with van der Waals surface area (Å²) in [7, 11) is 0. The van der Waals surface area contributed by atoms with Gasteiger partial charge in [-0.2, -0.15) is 13.1 Å². The minimum absolute atomic E-state index is 0.0246. The average molecular weight is 437 g/mol. The maximum Gasteiger partial charge on any atom is 0.415 e. The first-order valence-electron chi connectivity index (χ1n) is 9.04. The third-order valence-corrected chi connectivity index (χ3v) is 6.27. The van der Waals surface area contributed by atoms with Gasteiger partial charge in [0.1, 0.15) is 24.2 Å². The van der Waals surface area contributed by atoms with Crippen LogP contribution in [0.1, 0.15) is 38.5 Å². The molecule has 4 fully saturated rings. The number of ether oxygens (including phenoxy) is 2. The van der Waals surface area contributed by atoms with E-state index in [2.05, 4.69) is 14.1 Å². The van der Waals surface area contributed by atoms with Crippen molar-refractivity contribution < 1.29 is 52.1 Å². The highest BCUT2D eigenvalue weighted by molar-refractivity contribution is 7.96. The van der Waals surface area contributed by atoms with Crippen LogP contribution in [0.25, 0.3) is 0 Å². The third-order valence-electron chi connectivity index (χ3n) is 5.77. The van der Waals surface area contributed by atoms with E-state index in [1.807, 2.05) is 0 Å². The molecule has 0 saturated heterocycles. The molecule has 0 aliphatic heterocycles. The topological polar surface area (TPSA) is 128 Å². The van der Waals surface area contributed by atoms with Crippen molar-refractivity contribution >= 4 is 35.5 Å². The molecule has 0 N–H and O–H groups in total. The van der Waals surface area contributed by atoms with E-state index >= 15 is 0 Å². The predicted molar refractivity (Wildman–Crippen MR) is 87.2 cm³/mol. The largest absolute Gasteiger partial charge is 0.691 e.